The van der Waals surface area contributed by atoms with E-state index in [-0.39, 0.29) is 5.41 Å². The summed E-state index contributed by atoms with van der Waals surface area (Å²) in [6.07, 6.45) is 5.73. The van der Waals surface area contributed by atoms with Crippen molar-refractivity contribution >= 4 is 11.3 Å². The molecule has 1 aliphatic carbocycles. The molecule has 2 aromatic heterocycles. The van der Waals surface area contributed by atoms with E-state index in [2.05, 4.69) is 16.0 Å². The number of hydrogen-bond acceptors (Lipinski definition) is 3. The van der Waals surface area contributed by atoms with E-state index >= 15 is 0 Å². The smallest absolute Gasteiger partial charge is 0.114 e. The molecule has 4 heteroatoms. The van der Waals surface area contributed by atoms with Crippen molar-refractivity contribution in [1.82, 2.24) is 9.97 Å². The highest BCUT2D eigenvalue weighted by Gasteiger charge is 2.47. The molecule has 1 fully saturated rings. The van der Waals surface area contributed by atoms with Gasteiger partial charge < -0.3 is 4.98 Å². The molecular weight excluding hydrogens is 206 g/mol. The summed E-state index contributed by atoms with van der Waals surface area (Å²) < 4.78 is 0. The summed E-state index contributed by atoms with van der Waals surface area (Å²) in [5.41, 5.74) is 1.81. The minimum atomic E-state index is -0.251. The molecule has 0 unspecified atom stereocenters. The number of rotatable bonds is 2. The largest absolute Gasteiger partial charge is 0.367 e. The van der Waals surface area contributed by atoms with Crippen molar-refractivity contribution in [2.75, 3.05) is 0 Å². The third-order valence-corrected chi connectivity index (χ3v) is 3.82. The van der Waals surface area contributed by atoms with Crippen LogP contribution in [0.1, 0.15) is 17.8 Å². The van der Waals surface area contributed by atoms with Crippen molar-refractivity contribution in [3.63, 3.8) is 0 Å². The lowest BCUT2D eigenvalue weighted by molar-refractivity contribution is 0.891. The Morgan fingerprint density at radius 1 is 1.53 bits per heavy atom. The van der Waals surface area contributed by atoms with Gasteiger partial charge in [0.2, 0.25) is 0 Å². The summed E-state index contributed by atoms with van der Waals surface area (Å²) in [5, 5.41) is 12.1. The van der Waals surface area contributed by atoms with Crippen LogP contribution >= 0.6 is 11.3 Å². The molecule has 2 aromatic rings. The first-order chi connectivity index (χ1) is 7.34. The van der Waals surface area contributed by atoms with Crippen LogP contribution in [-0.2, 0) is 5.41 Å². The summed E-state index contributed by atoms with van der Waals surface area (Å²) in [4.78, 5) is 7.54. The van der Waals surface area contributed by atoms with Crippen LogP contribution in [0.5, 0.6) is 0 Å². The van der Waals surface area contributed by atoms with E-state index in [9.17, 15) is 0 Å². The number of nitriles is 1. The maximum atomic E-state index is 9.06. The van der Waals surface area contributed by atoms with E-state index in [0.717, 1.165) is 29.1 Å². The monoisotopic (exact) mass is 215 g/mol. The van der Waals surface area contributed by atoms with Crippen LogP contribution in [0.15, 0.2) is 23.8 Å². The highest BCUT2D eigenvalue weighted by molar-refractivity contribution is 7.10. The van der Waals surface area contributed by atoms with E-state index in [4.69, 9.17) is 5.26 Å². The van der Waals surface area contributed by atoms with Crippen LogP contribution in [0.2, 0.25) is 0 Å². The van der Waals surface area contributed by atoms with Crippen LogP contribution < -0.4 is 0 Å². The van der Waals surface area contributed by atoms with Gasteiger partial charge in [-0.25, -0.2) is 4.98 Å². The van der Waals surface area contributed by atoms with Crippen LogP contribution in [0.4, 0.5) is 0 Å². The molecule has 1 N–H and O–H groups in total. The Balaban J connectivity index is 1.99. The van der Waals surface area contributed by atoms with Gasteiger partial charge in [-0.2, -0.15) is 5.26 Å². The van der Waals surface area contributed by atoms with Gasteiger partial charge in [0.25, 0.3) is 0 Å². The summed E-state index contributed by atoms with van der Waals surface area (Å²) >= 11 is 1.59. The first-order valence-electron chi connectivity index (χ1n) is 4.84. The number of H-pyrrole nitrogens is 1. The molecule has 0 atom stereocenters. The number of nitrogens with zero attached hydrogens (tertiary/aromatic N) is 2. The molecule has 0 aliphatic heterocycles. The van der Waals surface area contributed by atoms with Gasteiger partial charge >= 0.3 is 0 Å². The third-order valence-electron chi connectivity index (χ3n) is 2.77. The Kier molecular flexibility index (Phi) is 1.70. The molecule has 15 heavy (non-hydrogen) atoms. The molecule has 0 bridgehead atoms. The van der Waals surface area contributed by atoms with Crippen molar-refractivity contribution in [3.05, 3.63) is 28.8 Å². The second kappa shape index (κ2) is 2.94. The number of aromatic nitrogens is 2. The van der Waals surface area contributed by atoms with Crippen LogP contribution in [0, 0.1) is 11.3 Å². The lowest BCUT2D eigenvalue weighted by atomic mass is 10.1. The Bertz CT molecular complexity index is 514. The lowest BCUT2D eigenvalue weighted by Crippen LogP contribution is -2.00. The lowest BCUT2D eigenvalue weighted by Gasteiger charge is -1.97. The van der Waals surface area contributed by atoms with Crippen LogP contribution in [0.25, 0.3) is 11.3 Å². The van der Waals surface area contributed by atoms with Gasteiger partial charge in [-0.05, 0) is 18.9 Å². The molecule has 3 nitrogen and oxygen atoms in total. The van der Waals surface area contributed by atoms with Crippen LogP contribution in [0.3, 0.4) is 0 Å². The van der Waals surface area contributed by atoms with Crippen molar-refractivity contribution in [3.8, 4) is 17.3 Å². The average molecular weight is 215 g/mol. The SMILES string of the molecule is N#CC1(c2nc(-c3cc[nH]c3)cs2)CC1. The second-order valence-electron chi connectivity index (χ2n) is 3.83. The zero-order valence-electron chi connectivity index (χ0n) is 8.03. The van der Waals surface area contributed by atoms with Crippen LogP contribution in [-0.4, -0.2) is 9.97 Å². The van der Waals surface area contributed by atoms with Gasteiger partial charge in [-0.1, -0.05) is 0 Å². The second-order valence-corrected chi connectivity index (χ2v) is 4.69. The van der Waals surface area contributed by atoms with Gasteiger partial charge in [0.15, 0.2) is 0 Å². The van der Waals surface area contributed by atoms with E-state index in [0.29, 0.717) is 0 Å². The fourth-order valence-corrected chi connectivity index (χ4v) is 2.65. The number of nitrogens with one attached hydrogen (secondary N) is 1. The predicted molar refractivity (Wildman–Crippen MR) is 58.4 cm³/mol. The zero-order valence-corrected chi connectivity index (χ0v) is 8.84. The third kappa shape index (κ3) is 1.28. The Hall–Kier alpha value is -1.60. The Morgan fingerprint density at radius 2 is 2.40 bits per heavy atom. The van der Waals surface area contributed by atoms with Gasteiger partial charge in [-0.3, -0.25) is 0 Å². The summed E-state index contributed by atoms with van der Waals surface area (Å²) in [6, 6.07) is 4.36. The quantitative estimate of drug-likeness (QED) is 0.837. The minimum Gasteiger partial charge on any atom is -0.367 e. The fraction of sp³-hybridized carbons (Fsp3) is 0.273. The minimum absolute atomic E-state index is 0.251. The summed E-state index contributed by atoms with van der Waals surface area (Å²) in [6.45, 7) is 0. The summed E-state index contributed by atoms with van der Waals surface area (Å²) in [5.74, 6) is 0. The molecule has 3 rings (SSSR count). The topological polar surface area (TPSA) is 52.5 Å². The molecule has 0 amide bonds. The van der Waals surface area contributed by atoms with Crippen molar-refractivity contribution in [2.24, 2.45) is 0 Å². The molecule has 0 aromatic carbocycles. The predicted octanol–water partition coefficient (Wildman–Crippen LogP) is 2.69. The molecule has 2 heterocycles. The van der Waals surface area contributed by atoms with Gasteiger partial charge in [0, 0.05) is 23.3 Å². The van der Waals surface area contributed by atoms with Crippen molar-refractivity contribution < 1.29 is 0 Å². The zero-order chi connectivity index (χ0) is 10.3. The molecule has 1 aliphatic rings. The van der Waals surface area contributed by atoms with E-state index < -0.39 is 0 Å². The standard InChI is InChI=1S/C11H9N3S/c12-7-11(2-3-11)10-14-9(6-15-10)8-1-4-13-5-8/h1,4-6,13H,2-3H2. The highest BCUT2D eigenvalue weighted by atomic mass is 32.1. The Morgan fingerprint density at radius 3 is 3.00 bits per heavy atom. The van der Waals surface area contributed by atoms with Gasteiger partial charge in [-0.15, -0.1) is 11.3 Å². The average Bonchev–Trinajstić information content (AvgIpc) is 2.74. The molecule has 0 spiro atoms. The number of hydrogen-bond donors (Lipinski definition) is 1. The normalized spacial score (nSPS) is 17.3. The van der Waals surface area contributed by atoms with Crippen molar-refractivity contribution in [2.45, 2.75) is 18.3 Å². The Labute approximate surface area is 91.4 Å². The fourth-order valence-electron chi connectivity index (χ4n) is 1.61. The first kappa shape index (κ1) is 8.69. The summed E-state index contributed by atoms with van der Waals surface area (Å²) in [7, 11) is 0. The molecular formula is C11H9N3S. The maximum absolute atomic E-state index is 9.06. The van der Waals surface area contributed by atoms with E-state index in [1.54, 1.807) is 11.3 Å². The maximum Gasteiger partial charge on any atom is 0.114 e. The first-order valence-corrected chi connectivity index (χ1v) is 5.72. The van der Waals surface area contributed by atoms with E-state index in [1.807, 2.05) is 23.8 Å². The molecule has 0 radical (unpaired) electrons. The molecule has 0 saturated heterocycles. The highest BCUT2D eigenvalue weighted by Crippen LogP contribution is 2.49. The molecule has 74 valence electrons. The molecule has 1 saturated carbocycles. The van der Waals surface area contributed by atoms with Gasteiger partial charge in [0.05, 0.1) is 11.8 Å². The number of aromatic amines is 1. The van der Waals surface area contributed by atoms with Gasteiger partial charge in [0.1, 0.15) is 10.4 Å². The number of thiazole rings is 1. The van der Waals surface area contributed by atoms with Crippen molar-refractivity contribution in [1.29, 1.82) is 5.26 Å². The van der Waals surface area contributed by atoms with E-state index in [1.165, 1.54) is 0 Å².